The van der Waals surface area contributed by atoms with Crippen LogP contribution < -0.4 is 10.6 Å². The molecule has 1 fully saturated rings. The number of nitrogens with one attached hydrogen (secondary N) is 2. The molecule has 6 heteroatoms. The average molecular weight is 291 g/mol. The quantitative estimate of drug-likeness (QED) is 0.892. The van der Waals surface area contributed by atoms with Crippen LogP contribution >= 0.6 is 12.4 Å². The van der Waals surface area contributed by atoms with Crippen molar-refractivity contribution in [2.24, 2.45) is 0 Å². The fourth-order valence-electron chi connectivity index (χ4n) is 2.10. The van der Waals surface area contributed by atoms with Crippen molar-refractivity contribution >= 4 is 18.3 Å². The zero-order valence-electron chi connectivity index (χ0n) is 10.4. The minimum absolute atomic E-state index is 0. The van der Waals surface area contributed by atoms with E-state index in [1.807, 2.05) is 0 Å². The van der Waals surface area contributed by atoms with Gasteiger partial charge in [0.25, 0.3) is 0 Å². The Morgan fingerprint density at radius 1 is 1.42 bits per heavy atom. The van der Waals surface area contributed by atoms with Crippen molar-refractivity contribution in [3.8, 4) is 0 Å². The lowest BCUT2D eigenvalue weighted by atomic mass is 10.1. The third-order valence-corrected chi connectivity index (χ3v) is 3.08. The van der Waals surface area contributed by atoms with Gasteiger partial charge in [-0.1, -0.05) is 0 Å². The van der Waals surface area contributed by atoms with Crippen molar-refractivity contribution in [1.29, 1.82) is 0 Å². The molecule has 1 aromatic carbocycles. The summed E-state index contributed by atoms with van der Waals surface area (Å²) in [6.07, 6.45) is 2.45. The van der Waals surface area contributed by atoms with Crippen LogP contribution in [0.5, 0.6) is 0 Å². The molecule has 106 valence electrons. The van der Waals surface area contributed by atoms with Crippen LogP contribution in [0.2, 0.25) is 0 Å². The van der Waals surface area contributed by atoms with Crippen LogP contribution in [0, 0.1) is 11.6 Å². The maximum Gasteiger partial charge on any atom is 0.221 e. The second-order valence-electron chi connectivity index (χ2n) is 4.51. The molecule has 0 spiro atoms. The average Bonchev–Trinajstić information content (AvgIpc) is 2.83. The van der Waals surface area contributed by atoms with Gasteiger partial charge >= 0.3 is 0 Å². The van der Waals surface area contributed by atoms with Crippen LogP contribution in [0.15, 0.2) is 18.2 Å². The fourth-order valence-corrected chi connectivity index (χ4v) is 2.10. The first-order valence-electron chi connectivity index (χ1n) is 6.09. The van der Waals surface area contributed by atoms with Crippen LogP contribution in [0.1, 0.15) is 24.8 Å². The zero-order chi connectivity index (χ0) is 13.0. The number of rotatable bonds is 4. The molecule has 1 heterocycles. The van der Waals surface area contributed by atoms with E-state index in [4.69, 9.17) is 0 Å². The van der Waals surface area contributed by atoms with Crippen LogP contribution in [-0.2, 0) is 11.3 Å². The van der Waals surface area contributed by atoms with E-state index in [1.165, 1.54) is 0 Å². The number of carbonyl (C=O) groups excluding carboxylic acids is 1. The van der Waals surface area contributed by atoms with Gasteiger partial charge in [-0.2, -0.15) is 0 Å². The Hall–Kier alpha value is -1.20. The van der Waals surface area contributed by atoms with Gasteiger partial charge in [0.2, 0.25) is 5.91 Å². The number of hydrogen-bond acceptors (Lipinski definition) is 2. The van der Waals surface area contributed by atoms with Gasteiger partial charge in [-0.05, 0) is 37.6 Å². The first kappa shape index (κ1) is 15.9. The maximum atomic E-state index is 13.3. The standard InChI is InChI=1S/C13H16F2N2O.ClH/c14-10-3-4-12(15)9(6-10)8-17-13(18)7-11-2-1-5-16-11;/h3-4,6,11,16H,1-2,5,7-8H2,(H,17,18);1H. The highest BCUT2D eigenvalue weighted by molar-refractivity contribution is 5.85. The maximum absolute atomic E-state index is 13.3. The molecular weight excluding hydrogens is 274 g/mol. The summed E-state index contributed by atoms with van der Waals surface area (Å²) in [5.41, 5.74) is 0.169. The Balaban J connectivity index is 0.00000180. The first-order chi connectivity index (χ1) is 8.65. The van der Waals surface area contributed by atoms with Crippen molar-refractivity contribution in [2.75, 3.05) is 6.54 Å². The van der Waals surface area contributed by atoms with Crippen molar-refractivity contribution in [2.45, 2.75) is 31.8 Å². The molecule has 0 saturated carbocycles. The van der Waals surface area contributed by atoms with E-state index in [2.05, 4.69) is 10.6 Å². The molecule has 0 aromatic heterocycles. The molecule has 1 saturated heterocycles. The van der Waals surface area contributed by atoms with Gasteiger partial charge in [-0.25, -0.2) is 8.78 Å². The Morgan fingerprint density at radius 2 is 2.21 bits per heavy atom. The Labute approximate surface area is 117 Å². The van der Waals surface area contributed by atoms with Crippen LogP contribution in [0.4, 0.5) is 8.78 Å². The summed E-state index contributed by atoms with van der Waals surface area (Å²) < 4.78 is 26.2. The molecule has 2 rings (SSSR count). The van der Waals surface area contributed by atoms with E-state index in [9.17, 15) is 13.6 Å². The van der Waals surface area contributed by atoms with E-state index in [1.54, 1.807) is 0 Å². The molecule has 0 bridgehead atoms. The monoisotopic (exact) mass is 290 g/mol. The molecule has 1 aromatic rings. The summed E-state index contributed by atoms with van der Waals surface area (Å²) in [7, 11) is 0. The minimum Gasteiger partial charge on any atom is -0.352 e. The van der Waals surface area contributed by atoms with Gasteiger partial charge in [-0.15, -0.1) is 12.4 Å². The summed E-state index contributed by atoms with van der Waals surface area (Å²) in [4.78, 5) is 11.6. The summed E-state index contributed by atoms with van der Waals surface area (Å²) in [5, 5.41) is 5.82. The van der Waals surface area contributed by atoms with Crippen LogP contribution in [0.25, 0.3) is 0 Å². The second kappa shape index (κ2) is 7.40. The lowest BCUT2D eigenvalue weighted by Crippen LogP contribution is -2.31. The predicted molar refractivity (Wildman–Crippen MR) is 71.1 cm³/mol. The minimum atomic E-state index is -0.504. The number of carbonyl (C=O) groups is 1. The highest BCUT2D eigenvalue weighted by Gasteiger charge is 2.17. The summed E-state index contributed by atoms with van der Waals surface area (Å²) in [6, 6.07) is 3.43. The predicted octanol–water partition coefficient (Wildman–Crippen LogP) is 2.14. The number of benzene rings is 1. The molecular formula is C13H17ClF2N2O. The molecule has 0 radical (unpaired) electrons. The van der Waals surface area contributed by atoms with Crippen molar-refractivity contribution < 1.29 is 13.6 Å². The van der Waals surface area contributed by atoms with Gasteiger partial charge in [0.05, 0.1) is 0 Å². The summed E-state index contributed by atoms with van der Waals surface area (Å²) in [6.45, 7) is 0.964. The van der Waals surface area contributed by atoms with E-state index >= 15 is 0 Å². The van der Waals surface area contributed by atoms with Gasteiger partial charge < -0.3 is 10.6 Å². The van der Waals surface area contributed by atoms with Crippen molar-refractivity contribution in [1.82, 2.24) is 10.6 Å². The zero-order valence-corrected chi connectivity index (χ0v) is 11.2. The molecule has 3 nitrogen and oxygen atoms in total. The largest absolute Gasteiger partial charge is 0.352 e. The normalized spacial score (nSPS) is 17.9. The molecule has 1 aliphatic heterocycles. The number of hydrogen-bond donors (Lipinski definition) is 2. The molecule has 0 aliphatic carbocycles. The number of halogens is 3. The van der Waals surface area contributed by atoms with Crippen LogP contribution in [-0.4, -0.2) is 18.5 Å². The topological polar surface area (TPSA) is 41.1 Å². The summed E-state index contributed by atoms with van der Waals surface area (Å²) in [5.74, 6) is -1.15. The highest BCUT2D eigenvalue weighted by Crippen LogP contribution is 2.11. The summed E-state index contributed by atoms with van der Waals surface area (Å²) >= 11 is 0. The van der Waals surface area contributed by atoms with E-state index < -0.39 is 11.6 Å². The number of amides is 1. The SMILES string of the molecule is Cl.O=C(CC1CCCN1)NCc1cc(F)ccc1F. The Bertz CT molecular complexity index is 437. The van der Waals surface area contributed by atoms with E-state index in [0.717, 1.165) is 37.6 Å². The van der Waals surface area contributed by atoms with Crippen molar-refractivity contribution in [3.63, 3.8) is 0 Å². The molecule has 1 amide bonds. The smallest absolute Gasteiger partial charge is 0.221 e. The van der Waals surface area contributed by atoms with Gasteiger partial charge in [0, 0.05) is 24.6 Å². The van der Waals surface area contributed by atoms with Gasteiger partial charge in [0.1, 0.15) is 11.6 Å². The van der Waals surface area contributed by atoms with E-state index in [-0.39, 0.29) is 36.5 Å². The third kappa shape index (κ3) is 4.76. The second-order valence-corrected chi connectivity index (χ2v) is 4.51. The lowest BCUT2D eigenvalue weighted by molar-refractivity contribution is -0.121. The Morgan fingerprint density at radius 3 is 2.89 bits per heavy atom. The Kier molecular flexibility index (Phi) is 6.18. The highest BCUT2D eigenvalue weighted by atomic mass is 35.5. The fraction of sp³-hybridized carbons (Fsp3) is 0.462. The van der Waals surface area contributed by atoms with E-state index in [0.29, 0.717) is 6.42 Å². The molecule has 19 heavy (non-hydrogen) atoms. The van der Waals surface area contributed by atoms with Crippen molar-refractivity contribution in [3.05, 3.63) is 35.4 Å². The van der Waals surface area contributed by atoms with Gasteiger partial charge in [-0.3, -0.25) is 4.79 Å². The first-order valence-corrected chi connectivity index (χ1v) is 6.09. The molecule has 2 N–H and O–H groups in total. The lowest BCUT2D eigenvalue weighted by Gasteiger charge is -2.10. The van der Waals surface area contributed by atoms with Crippen LogP contribution in [0.3, 0.4) is 0 Å². The van der Waals surface area contributed by atoms with Gasteiger partial charge in [0.15, 0.2) is 0 Å². The molecule has 1 aliphatic rings. The third-order valence-electron chi connectivity index (χ3n) is 3.08. The molecule has 1 atom stereocenters. The molecule has 1 unspecified atom stereocenters.